The van der Waals surface area contributed by atoms with E-state index in [1.807, 2.05) is 4.81 Å². The minimum atomic E-state index is -5.11. The van der Waals surface area contributed by atoms with Gasteiger partial charge in [-0.2, -0.15) is 13.2 Å². The van der Waals surface area contributed by atoms with Gasteiger partial charge in [-0.25, -0.2) is 17.6 Å². The molecule has 0 atom stereocenters. The van der Waals surface area contributed by atoms with Crippen molar-refractivity contribution >= 4 is 20.0 Å². The van der Waals surface area contributed by atoms with Crippen LogP contribution in [-0.4, -0.2) is 99.0 Å². The molecule has 2 aromatic rings. The van der Waals surface area contributed by atoms with Gasteiger partial charge in [-0.05, 0) is 65.5 Å². The highest BCUT2D eigenvalue weighted by Crippen LogP contribution is 2.26. The average molecular weight is 634 g/mol. The predicted octanol–water partition coefficient (Wildman–Crippen LogP) is 2.85. The summed E-state index contributed by atoms with van der Waals surface area (Å²) in [7, 11) is -1.17. The van der Waals surface area contributed by atoms with Crippen molar-refractivity contribution in [2.75, 3.05) is 26.2 Å². The number of rotatable bonds is 8. The highest BCUT2D eigenvalue weighted by atomic mass is 19.4. The Morgan fingerprint density at radius 3 is 1.77 bits per heavy atom. The Morgan fingerprint density at radius 1 is 0.886 bits per heavy atom. The topological polar surface area (TPSA) is 105 Å². The van der Waals surface area contributed by atoms with Gasteiger partial charge in [0, 0.05) is 30.8 Å². The second-order valence-corrected chi connectivity index (χ2v) is 10.8. The summed E-state index contributed by atoms with van der Waals surface area (Å²) in [6.07, 6.45) is -1.23. The largest absolute Gasteiger partial charge is 0.471 e. The van der Waals surface area contributed by atoms with E-state index in [9.17, 15) is 45.6 Å². The summed E-state index contributed by atoms with van der Waals surface area (Å²) in [4.78, 5) is 23.2. The van der Waals surface area contributed by atoms with Crippen molar-refractivity contribution in [1.82, 2.24) is 29.8 Å². The van der Waals surface area contributed by atoms with Gasteiger partial charge >= 0.3 is 26.2 Å². The molecule has 3 N–H and O–H groups in total. The summed E-state index contributed by atoms with van der Waals surface area (Å²) < 4.78 is 91.5. The highest BCUT2D eigenvalue weighted by molar-refractivity contribution is 6.45. The van der Waals surface area contributed by atoms with Gasteiger partial charge in [0.25, 0.3) is 0 Å². The van der Waals surface area contributed by atoms with Crippen LogP contribution in [0.5, 0.6) is 0 Å². The summed E-state index contributed by atoms with van der Waals surface area (Å²) in [6, 6.07) is 0.853. The number of nitrogens with zero attached hydrogens (tertiary/aromatic N) is 5. The van der Waals surface area contributed by atoms with E-state index in [1.54, 1.807) is 11.6 Å². The molecule has 0 bridgehead atoms. The molecular formula is C26H35B2F7N6O3. The van der Waals surface area contributed by atoms with Gasteiger partial charge in [0.15, 0.2) is 0 Å². The van der Waals surface area contributed by atoms with Gasteiger partial charge in [-0.15, -0.1) is 0 Å². The molecular weight excluding hydrogens is 599 g/mol. The maximum Gasteiger partial charge on any atom is 0.471 e. The third kappa shape index (κ3) is 10.4. The Labute approximate surface area is 251 Å². The molecule has 0 aromatic carbocycles. The van der Waals surface area contributed by atoms with Crippen molar-refractivity contribution in [2.24, 2.45) is 0 Å². The number of pyridine rings is 2. The van der Waals surface area contributed by atoms with E-state index < -0.39 is 67.7 Å². The molecule has 242 valence electrons. The zero-order valence-electron chi connectivity index (χ0n) is 24.4. The van der Waals surface area contributed by atoms with E-state index in [1.165, 1.54) is 6.82 Å². The van der Waals surface area contributed by atoms with Gasteiger partial charge in [0.1, 0.15) is 23.3 Å². The molecule has 2 aliphatic heterocycles. The summed E-state index contributed by atoms with van der Waals surface area (Å²) in [5, 5.41) is 22.2. The quantitative estimate of drug-likeness (QED) is 0.301. The van der Waals surface area contributed by atoms with Crippen LogP contribution in [0.3, 0.4) is 0 Å². The summed E-state index contributed by atoms with van der Waals surface area (Å²) >= 11 is 0. The van der Waals surface area contributed by atoms with Crippen molar-refractivity contribution < 1.29 is 45.6 Å². The Morgan fingerprint density at radius 2 is 1.34 bits per heavy atom. The lowest BCUT2D eigenvalue weighted by Crippen LogP contribution is -2.53. The summed E-state index contributed by atoms with van der Waals surface area (Å²) in [5.74, 6) is -5.43. The van der Waals surface area contributed by atoms with Crippen molar-refractivity contribution in [3.63, 3.8) is 0 Å². The lowest BCUT2D eigenvalue weighted by atomic mass is 9.82. The first-order chi connectivity index (χ1) is 20.6. The minimum Gasteiger partial charge on any atom is -0.437 e. The molecule has 0 saturated carbocycles. The third-order valence-corrected chi connectivity index (χ3v) is 7.68. The van der Waals surface area contributed by atoms with Crippen molar-refractivity contribution in [2.45, 2.75) is 70.7 Å². The number of carbonyl (C=O) groups excluding carboxylic acids is 1. The van der Waals surface area contributed by atoms with Gasteiger partial charge in [-0.1, -0.05) is 0 Å². The highest BCUT2D eigenvalue weighted by Gasteiger charge is 2.45. The summed E-state index contributed by atoms with van der Waals surface area (Å²) in [5.41, 5.74) is -0.198. The molecule has 4 rings (SSSR count). The van der Waals surface area contributed by atoms with E-state index in [0.29, 0.717) is 36.8 Å². The molecule has 18 heteroatoms. The van der Waals surface area contributed by atoms with E-state index in [0.717, 1.165) is 38.2 Å². The van der Waals surface area contributed by atoms with Crippen LogP contribution in [0.1, 0.15) is 37.1 Å². The number of carbonyl (C=O) groups is 1. The van der Waals surface area contributed by atoms with Crippen LogP contribution in [0.25, 0.3) is 0 Å². The molecule has 2 fully saturated rings. The minimum absolute atomic E-state index is 0.190. The Bertz CT molecular complexity index is 1230. The summed E-state index contributed by atoms with van der Waals surface area (Å²) in [6.45, 7) is 5.10. The Kier molecular flexibility index (Phi) is 13.0. The average Bonchev–Trinajstić information content (AvgIpc) is 2.96. The van der Waals surface area contributed by atoms with Gasteiger partial charge in [-0.3, -0.25) is 14.8 Å². The Balaban J connectivity index is 0.000000249. The number of alkyl halides is 3. The van der Waals surface area contributed by atoms with Crippen molar-refractivity contribution in [1.29, 1.82) is 0 Å². The first-order valence-electron chi connectivity index (χ1n) is 14.2. The third-order valence-electron chi connectivity index (χ3n) is 7.68. The molecule has 2 aliphatic rings. The normalized spacial score (nSPS) is 17.2. The number of nitrogens with one attached hydrogen (secondary N) is 1. The molecule has 4 heterocycles. The van der Waals surface area contributed by atoms with Crippen molar-refractivity contribution in [3.05, 3.63) is 59.2 Å². The second kappa shape index (κ2) is 16.0. The molecule has 1 amide bonds. The molecule has 0 spiro atoms. The van der Waals surface area contributed by atoms with E-state index in [-0.39, 0.29) is 24.6 Å². The molecule has 44 heavy (non-hydrogen) atoms. The molecule has 0 aliphatic carbocycles. The Hall–Kier alpha value is -2.79. The fraction of sp³-hybridized carbons (Fsp3) is 0.577. The SMILES string of the molecule is CB(O)N1CCC(N(Cc2ncc(F)cc2F)C(=O)C(F)(F)F)CC1.CB(O)N1CCC(NCc2ncc(F)cc2F)CC1. The number of aromatic nitrogens is 2. The lowest BCUT2D eigenvalue weighted by Gasteiger charge is -2.39. The van der Waals surface area contributed by atoms with Gasteiger partial charge < -0.3 is 29.9 Å². The first kappa shape index (κ1) is 35.7. The van der Waals surface area contributed by atoms with E-state index in [4.69, 9.17) is 0 Å². The fourth-order valence-electron chi connectivity index (χ4n) is 5.11. The fourth-order valence-corrected chi connectivity index (χ4v) is 5.11. The first-order valence-corrected chi connectivity index (χ1v) is 14.2. The molecule has 9 nitrogen and oxygen atoms in total. The van der Waals surface area contributed by atoms with Crippen LogP contribution in [0.15, 0.2) is 24.5 Å². The molecule has 0 unspecified atom stereocenters. The van der Waals surface area contributed by atoms with Crippen LogP contribution >= 0.6 is 0 Å². The van der Waals surface area contributed by atoms with Gasteiger partial charge in [0.2, 0.25) is 0 Å². The van der Waals surface area contributed by atoms with Gasteiger partial charge in [0.05, 0.1) is 30.3 Å². The van der Waals surface area contributed by atoms with E-state index >= 15 is 0 Å². The second-order valence-electron chi connectivity index (χ2n) is 10.8. The maximum absolute atomic E-state index is 13.7. The van der Waals surface area contributed by atoms with Crippen LogP contribution < -0.4 is 5.32 Å². The van der Waals surface area contributed by atoms with Crippen LogP contribution in [-0.2, 0) is 17.9 Å². The number of halogens is 7. The molecule has 2 saturated heterocycles. The number of hydrogen-bond donors (Lipinski definition) is 3. The molecule has 0 radical (unpaired) electrons. The standard InChI is InChI=1S/C14H17BF5N3O2.C12H18BF2N3O/c1-15(25)22-4-2-10(3-5-22)23(13(24)14(18,19)20)8-12-11(17)6-9(16)7-21-12;1-13(19)18-4-2-10(3-5-18)16-8-12-11(15)6-9(14)7-17-12/h6-7,10,25H,2-5,8H2,1H3;6-7,10,16,19H,2-5,8H2,1H3. The lowest BCUT2D eigenvalue weighted by molar-refractivity contribution is -0.189. The zero-order chi connectivity index (χ0) is 32.6. The number of piperidine rings is 2. The maximum atomic E-state index is 13.7. The number of amides is 1. The molecule has 2 aromatic heterocycles. The van der Waals surface area contributed by atoms with Crippen LogP contribution in [0.4, 0.5) is 30.7 Å². The van der Waals surface area contributed by atoms with Crippen molar-refractivity contribution in [3.8, 4) is 0 Å². The van der Waals surface area contributed by atoms with Crippen LogP contribution in [0, 0.1) is 23.3 Å². The van der Waals surface area contributed by atoms with Crippen LogP contribution in [0.2, 0.25) is 13.6 Å². The zero-order valence-corrected chi connectivity index (χ0v) is 24.4. The smallest absolute Gasteiger partial charge is 0.437 e. The van der Waals surface area contributed by atoms with E-state index in [2.05, 4.69) is 15.3 Å². The predicted molar refractivity (Wildman–Crippen MR) is 149 cm³/mol. The monoisotopic (exact) mass is 634 g/mol. The number of hydrogen-bond acceptors (Lipinski definition) is 8.